The molecule has 0 unspecified atom stereocenters. The number of ketones is 5. The van der Waals surface area contributed by atoms with Crippen molar-refractivity contribution < 1.29 is 81.9 Å². The first-order valence-corrected chi connectivity index (χ1v) is 28.4. The number of benzene rings is 1. The molecule has 22 nitrogen and oxygen atoms in total. The Morgan fingerprint density at radius 3 is 1.75 bits per heavy atom. The van der Waals surface area contributed by atoms with Crippen molar-refractivity contribution in [3.8, 4) is 0 Å². The highest BCUT2D eigenvalue weighted by atomic mass is 16.5. The number of aryl methyl sites for hydroxylation is 1. The monoisotopic (exact) mass is 1130 g/mol. The van der Waals surface area contributed by atoms with Gasteiger partial charge in [-0.25, -0.2) is 4.79 Å². The fourth-order valence-electron chi connectivity index (χ4n) is 8.04. The summed E-state index contributed by atoms with van der Waals surface area (Å²) in [5.41, 5.74) is 5.98. The summed E-state index contributed by atoms with van der Waals surface area (Å²) in [4.78, 5) is 134. The standard InChI is InChI=1S/C58H93N5O17/c1-42(43(2)64)37-50(67)45(39-51(68)58(3,4)59)20-12-14-29-61-55(72)41-80-36-33-77-31-16-22-48(66)40-79-35-34-78-32-30-62-53(70)27-25-49(57(75)76)63-54(71)23-11-6-5-7-13-28-60-52(69)26-24-46(56(73)74)38-47(65)21-15-19-44-17-9-8-10-18-44/h8-10,17-18,42,45-46,49H,5-7,11-16,19-41,59H2,1-4H3,(H,60,69)(H,61,72)(H,62,70)(H,63,71)(H,73,74)(H,75,76)/t42-,45-,46-,49+/m1/s1. The molecule has 1 aromatic carbocycles. The zero-order valence-corrected chi connectivity index (χ0v) is 47.9. The number of carbonyl (C=O) groups is 11. The average molecular weight is 1130 g/mol. The maximum atomic E-state index is 12.9. The minimum Gasteiger partial charge on any atom is -0.481 e. The third kappa shape index (κ3) is 38.7. The van der Waals surface area contributed by atoms with Crippen LogP contribution >= 0.6 is 0 Å². The van der Waals surface area contributed by atoms with Gasteiger partial charge in [0, 0.05) is 89.4 Å². The van der Waals surface area contributed by atoms with E-state index in [9.17, 15) is 63.0 Å². The van der Waals surface area contributed by atoms with Gasteiger partial charge in [-0.3, -0.25) is 47.9 Å². The topological polar surface area (TPSA) is 339 Å². The van der Waals surface area contributed by atoms with E-state index in [2.05, 4.69) is 21.3 Å². The molecule has 452 valence electrons. The van der Waals surface area contributed by atoms with E-state index in [1.807, 2.05) is 30.3 Å². The van der Waals surface area contributed by atoms with E-state index < -0.39 is 53.1 Å². The van der Waals surface area contributed by atoms with Gasteiger partial charge in [-0.1, -0.05) is 62.9 Å². The highest BCUT2D eigenvalue weighted by Crippen LogP contribution is 2.22. The van der Waals surface area contributed by atoms with Gasteiger partial charge in [-0.15, -0.1) is 0 Å². The number of hydrogen-bond acceptors (Lipinski definition) is 16. The van der Waals surface area contributed by atoms with E-state index in [-0.39, 0.29) is 151 Å². The van der Waals surface area contributed by atoms with Crippen molar-refractivity contribution in [2.24, 2.45) is 23.5 Å². The first-order chi connectivity index (χ1) is 38.1. The molecule has 0 aliphatic carbocycles. The van der Waals surface area contributed by atoms with E-state index in [0.717, 1.165) is 24.8 Å². The van der Waals surface area contributed by atoms with Crippen LogP contribution in [0.3, 0.4) is 0 Å². The van der Waals surface area contributed by atoms with Gasteiger partial charge in [-0.05, 0) is 84.1 Å². The summed E-state index contributed by atoms with van der Waals surface area (Å²) in [5, 5.41) is 29.8. The summed E-state index contributed by atoms with van der Waals surface area (Å²) in [5.74, 6) is -6.32. The van der Waals surface area contributed by atoms with Crippen LogP contribution in [-0.2, 0) is 78.1 Å². The predicted octanol–water partition coefficient (Wildman–Crippen LogP) is 4.57. The summed E-state index contributed by atoms with van der Waals surface area (Å²) in [7, 11) is 0. The minimum absolute atomic E-state index is 0.00897. The van der Waals surface area contributed by atoms with Gasteiger partial charge in [-0.2, -0.15) is 0 Å². The van der Waals surface area contributed by atoms with Crippen molar-refractivity contribution in [2.75, 3.05) is 72.5 Å². The number of nitrogens with one attached hydrogen (secondary N) is 4. The van der Waals surface area contributed by atoms with Crippen molar-refractivity contribution >= 4 is 64.5 Å². The molecule has 4 atom stereocenters. The summed E-state index contributed by atoms with van der Waals surface area (Å²) < 4.78 is 21.6. The van der Waals surface area contributed by atoms with Crippen molar-refractivity contribution in [3.05, 3.63) is 35.9 Å². The van der Waals surface area contributed by atoms with Gasteiger partial charge in [0.25, 0.3) is 0 Å². The summed E-state index contributed by atoms with van der Waals surface area (Å²) >= 11 is 0. The smallest absolute Gasteiger partial charge is 0.326 e. The number of hydrogen-bond donors (Lipinski definition) is 7. The second-order valence-corrected chi connectivity index (χ2v) is 20.9. The fourth-order valence-corrected chi connectivity index (χ4v) is 8.04. The van der Waals surface area contributed by atoms with E-state index in [4.69, 9.17) is 24.7 Å². The highest BCUT2D eigenvalue weighted by molar-refractivity contribution is 5.94. The van der Waals surface area contributed by atoms with Gasteiger partial charge in [0.15, 0.2) is 11.6 Å². The quantitative estimate of drug-likeness (QED) is 0.0439. The molecule has 0 radical (unpaired) electrons. The first kappa shape index (κ1) is 72.2. The highest BCUT2D eigenvalue weighted by Gasteiger charge is 2.30. The average Bonchev–Trinajstić information content (AvgIpc) is 3.40. The van der Waals surface area contributed by atoms with Crippen LogP contribution in [-0.4, -0.2) is 159 Å². The SMILES string of the molecule is CC(=O)[C@H](C)CC(=O)[C@H](CCCCNC(=O)COCCOCCCC(=O)COCCOCCNC(=O)CC[C@H](NC(=O)CCCCCCCNC(=O)CC[C@H](CC(=O)CCCc1ccccc1)C(=O)O)C(=O)O)CC(=O)C(C)(C)N. The fraction of sp³-hybridized carbons (Fsp3) is 0.707. The lowest BCUT2D eigenvalue weighted by Crippen LogP contribution is -2.43. The molecule has 0 heterocycles. The molecule has 8 N–H and O–H groups in total. The molecule has 0 aromatic heterocycles. The van der Waals surface area contributed by atoms with Crippen LogP contribution in [0.4, 0.5) is 0 Å². The van der Waals surface area contributed by atoms with Crippen LogP contribution in [0.15, 0.2) is 30.3 Å². The molecule has 22 heteroatoms. The molecule has 0 fully saturated rings. The lowest BCUT2D eigenvalue weighted by Gasteiger charge is -2.22. The lowest BCUT2D eigenvalue weighted by atomic mass is 9.83. The molecule has 80 heavy (non-hydrogen) atoms. The van der Waals surface area contributed by atoms with Crippen LogP contribution in [0.5, 0.6) is 0 Å². The van der Waals surface area contributed by atoms with Gasteiger partial charge in [0.2, 0.25) is 23.6 Å². The Morgan fingerprint density at radius 2 is 1.10 bits per heavy atom. The number of carbonyl (C=O) groups excluding carboxylic acids is 9. The number of carboxylic acids is 2. The van der Waals surface area contributed by atoms with Gasteiger partial charge < -0.3 is 56.2 Å². The van der Waals surface area contributed by atoms with Crippen molar-refractivity contribution in [2.45, 2.75) is 174 Å². The molecule has 0 saturated heterocycles. The number of carboxylic acid groups (broad SMARTS) is 2. The van der Waals surface area contributed by atoms with Crippen molar-refractivity contribution in [1.29, 1.82) is 0 Å². The molecule has 0 bridgehead atoms. The van der Waals surface area contributed by atoms with Crippen molar-refractivity contribution in [3.63, 3.8) is 0 Å². The normalized spacial score (nSPS) is 12.8. The number of aliphatic carboxylic acids is 2. The second kappa shape index (κ2) is 43.9. The molecule has 1 rings (SSSR count). The molecular formula is C58H93N5O17. The zero-order chi connectivity index (χ0) is 59.6. The maximum absolute atomic E-state index is 12.9. The number of ether oxygens (including phenoxy) is 4. The Labute approximate surface area is 472 Å². The molecule has 0 saturated carbocycles. The van der Waals surface area contributed by atoms with Gasteiger partial charge in [0.05, 0.1) is 44.5 Å². The second-order valence-electron chi connectivity index (χ2n) is 20.9. The number of amides is 4. The van der Waals surface area contributed by atoms with E-state index >= 15 is 0 Å². The Kier molecular flexibility index (Phi) is 39.6. The summed E-state index contributed by atoms with van der Waals surface area (Å²) in [6, 6.07) is 8.51. The predicted molar refractivity (Wildman–Crippen MR) is 297 cm³/mol. The first-order valence-electron chi connectivity index (χ1n) is 28.4. The molecule has 0 aliphatic rings. The largest absolute Gasteiger partial charge is 0.481 e. The van der Waals surface area contributed by atoms with Crippen LogP contribution in [0.1, 0.15) is 162 Å². The van der Waals surface area contributed by atoms with Crippen LogP contribution in [0.2, 0.25) is 0 Å². The third-order valence-corrected chi connectivity index (χ3v) is 13.2. The number of rotatable bonds is 52. The molecule has 0 spiro atoms. The van der Waals surface area contributed by atoms with E-state index in [0.29, 0.717) is 77.5 Å². The Hall–Kier alpha value is -5.81. The Morgan fingerprint density at radius 1 is 0.525 bits per heavy atom. The maximum Gasteiger partial charge on any atom is 0.326 e. The van der Waals surface area contributed by atoms with Gasteiger partial charge >= 0.3 is 11.9 Å². The van der Waals surface area contributed by atoms with E-state index in [1.54, 1.807) is 20.8 Å². The van der Waals surface area contributed by atoms with Crippen LogP contribution < -0.4 is 27.0 Å². The Bertz CT molecular complexity index is 2050. The number of nitrogens with two attached hydrogens (primary N) is 1. The zero-order valence-electron chi connectivity index (χ0n) is 47.9. The molecule has 0 aliphatic heterocycles. The summed E-state index contributed by atoms with van der Waals surface area (Å²) in [6.45, 7) is 8.24. The van der Waals surface area contributed by atoms with Crippen molar-refractivity contribution in [1.82, 2.24) is 21.3 Å². The minimum atomic E-state index is -1.25. The number of Topliss-reactive ketones (excluding diaryl/α,β-unsaturated/α-hetero) is 5. The lowest BCUT2D eigenvalue weighted by molar-refractivity contribution is -0.144. The number of unbranched alkanes of at least 4 members (excludes halogenated alkanes) is 5. The molecule has 4 amide bonds. The molecule has 1 aromatic rings. The molecular weight excluding hydrogens is 1040 g/mol. The summed E-state index contributed by atoms with van der Waals surface area (Å²) in [6.07, 6.45) is 7.47. The third-order valence-electron chi connectivity index (χ3n) is 13.2. The van der Waals surface area contributed by atoms with Crippen LogP contribution in [0.25, 0.3) is 0 Å². The van der Waals surface area contributed by atoms with E-state index in [1.165, 1.54) is 6.92 Å². The Balaban J connectivity index is 2.04. The van der Waals surface area contributed by atoms with Crippen LogP contribution in [0, 0.1) is 17.8 Å². The van der Waals surface area contributed by atoms with Gasteiger partial charge in [0.1, 0.15) is 36.6 Å².